The lowest BCUT2D eigenvalue weighted by Crippen LogP contribution is -2.19. The summed E-state index contributed by atoms with van der Waals surface area (Å²) < 4.78 is 1.67. The van der Waals surface area contributed by atoms with Gasteiger partial charge in [0.15, 0.2) is 0 Å². The van der Waals surface area contributed by atoms with Crippen LogP contribution in [-0.4, -0.2) is 22.2 Å². The molecule has 2 N–H and O–H groups in total. The molecule has 0 radical (unpaired) electrons. The van der Waals surface area contributed by atoms with Gasteiger partial charge in [-0.2, -0.15) is 0 Å². The molecular weight excluding hydrogens is 335 g/mol. The number of hydrogen-bond acceptors (Lipinski definition) is 2. The smallest absolute Gasteiger partial charge is 0.106 e. The highest BCUT2D eigenvalue weighted by molar-refractivity contribution is 9.11. The zero-order valence-corrected chi connectivity index (χ0v) is 11.1. The number of halogens is 3. The molecule has 0 bridgehead atoms. The molecule has 0 fully saturated rings. The van der Waals surface area contributed by atoms with Gasteiger partial charge in [-0.15, -0.1) is 11.6 Å². The highest BCUT2D eigenvalue weighted by atomic mass is 79.9. The van der Waals surface area contributed by atoms with Gasteiger partial charge in [0.2, 0.25) is 0 Å². The first-order valence-electron chi connectivity index (χ1n) is 3.92. The van der Waals surface area contributed by atoms with Gasteiger partial charge in [-0.3, -0.25) is 0 Å². The van der Waals surface area contributed by atoms with E-state index in [2.05, 4.69) is 31.9 Å². The second-order valence-corrected chi connectivity index (χ2v) is 5.01. The number of aliphatic hydroxyl groups excluding tert-OH is 2. The monoisotopic (exact) mass is 342 g/mol. The maximum atomic E-state index is 9.66. The van der Waals surface area contributed by atoms with E-state index in [1.807, 2.05) is 6.07 Å². The second kappa shape index (κ2) is 5.47. The molecule has 1 rings (SSSR count). The average molecular weight is 344 g/mol. The summed E-state index contributed by atoms with van der Waals surface area (Å²) in [5.74, 6) is 0.00526. The Bertz CT molecular complexity index is 299. The lowest BCUT2D eigenvalue weighted by atomic mass is 10.1. The highest BCUT2D eigenvalue weighted by Crippen LogP contribution is 2.26. The van der Waals surface area contributed by atoms with E-state index in [1.54, 1.807) is 12.1 Å². The first-order chi connectivity index (χ1) is 6.54. The summed E-state index contributed by atoms with van der Waals surface area (Å²) in [6.07, 6.45) is -1.90. The van der Waals surface area contributed by atoms with Gasteiger partial charge in [0.1, 0.15) is 6.10 Å². The third kappa shape index (κ3) is 3.21. The summed E-state index contributed by atoms with van der Waals surface area (Å²) in [4.78, 5) is 0. The maximum absolute atomic E-state index is 9.66. The van der Waals surface area contributed by atoms with Crippen LogP contribution in [0, 0.1) is 0 Å². The summed E-state index contributed by atoms with van der Waals surface area (Å²) in [7, 11) is 0. The van der Waals surface area contributed by atoms with Crippen molar-refractivity contribution in [3.63, 3.8) is 0 Å². The van der Waals surface area contributed by atoms with E-state index >= 15 is 0 Å². The van der Waals surface area contributed by atoms with Crippen molar-refractivity contribution in [1.29, 1.82) is 0 Å². The van der Waals surface area contributed by atoms with Crippen LogP contribution >= 0.6 is 43.5 Å². The van der Waals surface area contributed by atoms with Crippen LogP contribution in [0.1, 0.15) is 11.7 Å². The number of hydrogen-bond donors (Lipinski definition) is 2. The van der Waals surface area contributed by atoms with E-state index in [9.17, 15) is 10.2 Å². The molecule has 0 aromatic heterocycles. The van der Waals surface area contributed by atoms with Gasteiger partial charge < -0.3 is 10.2 Å². The molecule has 1 aromatic carbocycles. The third-order valence-electron chi connectivity index (χ3n) is 1.75. The van der Waals surface area contributed by atoms with Crippen LogP contribution in [0.3, 0.4) is 0 Å². The third-order valence-corrected chi connectivity index (χ3v) is 2.98. The fraction of sp³-hybridized carbons (Fsp3) is 0.333. The van der Waals surface area contributed by atoms with E-state index < -0.39 is 12.2 Å². The topological polar surface area (TPSA) is 40.5 Å². The van der Waals surface area contributed by atoms with Crippen LogP contribution < -0.4 is 0 Å². The molecule has 2 atom stereocenters. The lowest BCUT2D eigenvalue weighted by molar-refractivity contribution is 0.0326. The second-order valence-electron chi connectivity index (χ2n) is 2.87. The molecule has 0 heterocycles. The van der Waals surface area contributed by atoms with Crippen molar-refractivity contribution >= 4 is 43.5 Å². The molecule has 0 aliphatic heterocycles. The lowest BCUT2D eigenvalue weighted by Gasteiger charge is -2.16. The standard InChI is InChI=1S/C9H9Br2ClO2/c10-6-1-5(2-7(11)3-6)9(14)8(13)4-12/h1-3,8-9,13-14H,4H2. The van der Waals surface area contributed by atoms with Gasteiger partial charge in [0.05, 0.1) is 12.0 Å². The van der Waals surface area contributed by atoms with E-state index in [4.69, 9.17) is 11.6 Å². The van der Waals surface area contributed by atoms with Crippen LogP contribution in [0.25, 0.3) is 0 Å². The normalized spacial score (nSPS) is 15.2. The predicted octanol–water partition coefficient (Wildman–Crippen LogP) is 2.84. The summed E-state index contributed by atoms with van der Waals surface area (Å²) >= 11 is 12.0. The molecule has 2 unspecified atom stereocenters. The number of rotatable bonds is 3. The van der Waals surface area contributed by atoms with Crippen molar-refractivity contribution in [1.82, 2.24) is 0 Å². The zero-order chi connectivity index (χ0) is 10.7. The van der Waals surface area contributed by atoms with Crippen molar-refractivity contribution in [2.75, 3.05) is 5.88 Å². The van der Waals surface area contributed by atoms with Crippen LogP contribution in [0.2, 0.25) is 0 Å². The Morgan fingerprint density at radius 3 is 2.07 bits per heavy atom. The Balaban J connectivity index is 2.94. The van der Waals surface area contributed by atoms with Crippen molar-refractivity contribution < 1.29 is 10.2 Å². The molecule has 78 valence electrons. The number of aliphatic hydroxyl groups is 2. The molecule has 0 aliphatic carbocycles. The Hall–Kier alpha value is 0.390. The number of alkyl halides is 1. The van der Waals surface area contributed by atoms with E-state index in [0.29, 0.717) is 5.56 Å². The minimum Gasteiger partial charge on any atom is -0.389 e. The maximum Gasteiger partial charge on any atom is 0.106 e. The summed E-state index contributed by atoms with van der Waals surface area (Å²) in [6, 6.07) is 5.33. The number of benzene rings is 1. The van der Waals surface area contributed by atoms with Gasteiger partial charge >= 0.3 is 0 Å². The molecule has 0 saturated carbocycles. The molecule has 0 amide bonds. The Morgan fingerprint density at radius 2 is 1.64 bits per heavy atom. The van der Waals surface area contributed by atoms with Crippen LogP contribution in [-0.2, 0) is 0 Å². The summed E-state index contributed by atoms with van der Waals surface area (Å²) in [5.41, 5.74) is 0.624. The first kappa shape index (κ1) is 12.5. The molecule has 14 heavy (non-hydrogen) atoms. The molecule has 0 saturated heterocycles. The largest absolute Gasteiger partial charge is 0.389 e. The van der Waals surface area contributed by atoms with Gasteiger partial charge in [-0.25, -0.2) is 0 Å². The molecule has 0 spiro atoms. The molecule has 5 heteroatoms. The van der Waals surface area contributed by atoms with Crippen LogP contribution in [0.5, 0.6) is 0 Å². The van der Waals surface area contributed by atoms with Crippen molar-refractivity contribution in [3.05, 3.63) is 32.7 Å². The van der Waals surface area contributed by atoms with Crippen molar-refractivity contribution in [3.8, 4) is 0 Å². The molecule has 0 aliphatic rings. The quantitative estimate of drug-likeness (QED) is 0.828. The Kier molecular flexibility index (Phi) is 4.87. The first-order valence-corrected chi connectivity index (χ1v) is 6.04. The predicted molar refractivity (Wildman–Crippen MR) is 63.5 cm³/mol. The van der Waals surface area contributed by atoms with Gasteiger partial charge in [0.25, 0.3) is 0 Å². The average Bonchev–Trinajstić information content (AvgIpc) is 2.14. The van der Waals surface area contributed by atoms with Crippen molar-refractivity contribution in [2.45, 2.75) is 12.2 Å². The summed E-state index contributed by atoms with van der Waals surface area (Å²) in [5, 5.41) is 19.0. The molecule has 1 aromatic rings. The van der Waals surface area contributed by atoms with Gasteiger partial charge in [0, 0.05) is 8.95 Å². The fourth-order valence-corrected chi connectivity index (χ4v) is 2.55. The zero-order valence-electron chi connectivity index (χ0n) is 7.12. The highest BCUT2D eigenvalue weighted by Gasteiger charge is 2.17. The van der Waals surface area contributed by atoms with E-state index in [-0.39, 0.29) is 5.88 Å². The summed E-state index contributed by atoms with van der Waals surface area (Å²) in [6.45, 7) is 0. The van der Waals surface area contributed by atoms with E-state index in [1.165, 1.54) is 0 Å². The Morgan fingerprint density at radius 1 is 1.14 bits per heavy atom. The fourth-order valence-electron chi connectivity index (χ4n) is 1.05. The molecular formula is C9H9Br2ClO2. The van der Waals surface area contributed by atoms with Gasteiger partial charge in [-0.1, -0.05) is 31.9 Å². The minimum atomic E-state index is -0.957. The molecule has 2 nitrogen and oxygen atoms in total. The van der Waals surface area contributed by atoms with E-state index in [0.717, 1.165) is 8.95 Å². The van der Waals surface area contributed by atoms with Crippen molar-refractivity contribution in [2.24, 2.45) is 0 Å². The van der Waals surface area contributed by atoms with Crippen LogP contribution in [0.4, 0.5) is 0 Å². The Labute approximate surface area is 104 Å². The van der Waals surface area contributed by atoms with Gasteiger partial charge in [-0.05, 0) is 23.8 Å². The SMILES string of the molecule is OC(CCl)C(O)c1cc(Br)cc(Br)c1. The van der Waals surface area contributed by atoms with Crippen LogP contribution in [0.15, 0.2) is 27.1 Å². The minimum absolute atomic E-state index is 0.00526.